The molecule has 2 heterocycles. The maximum absolute atomic E-state index is 13.4. The smallest absolute Gasteiger partial charge is 0.309 e. The first-order valence-electron chi connectivity index (χ1n) is 6.08. The predicted molar refractivity (Wildman–Crippen MR) is 63.0 cm³/mol. The molecular formula is C11H13F5N4O. The molecule has 1 saturated heterocycles. The number of alkyl halides is 5. The van der Waals surface area contributed by atoms with Gasteiger partial charge in [-0.15, -0.1) is 0 Å². The quantitative estimate of drug-likeness (QED) is 0.838. The molecule has 21 heavy (non-hydrogen) atoms. The Morgan fingerprint density at radius 2 is 2.19 bits per heavy atom. The van der Waals surface area contributed by atoms with Crippen LogP contribution in [0.15, 0.2) is 12.4 Å². The fraction of sp³-hybridized carbons (Fsp3) is 0.636. The first-order chi connectivity index (χ1) is 9.60. The van der Waals surface area contributed by atoms with E-state index in [1.54, 1.807) is 0 Å². The largest absolute Gasteiger partial charge is 0.471 e. The molecule has 1 aromatic heterocycles. The Morgan fingerprint density at radius 3 is 2.67 bits per heavy atom. The van der Waals surface area contributed by atoms with Crippen LogP contribution in [0.2, 0.25) is 0 Å². The lowest BCUT2D eigenvalue weighted by Gasteiger charge is -2.37. The van der Waals surface area contributed by atoms with E-state index in [9.17, 15) is 26.7 Å². The lowest BCUT2D eigenvalue weighted by molar-refractivity contribution is -0.171. The van der Waals surface area contributed by atoms with Crippen molar-refractivity contribution < 1.29 is 26.7 Å². The molecule has 10 heteroatoms. The van der Waals surface area contributed by atoms with Crippen LogP contribution in [0.1, 0.15) is 6.42 Å². The number of aryl methyl sites for hydroxylation is 1. The normalized spacial score (nSPS) is 22.1. The van der Waals surface area contributed by atoms with E-state index in [0.717, 1.165) is 6.20 Å². The number of amides is 1. The molecule has 0 saturated carbocycles. The highest BCUT2D eigenvalue weighted by atomic mass is 19.4. The van der Waals surface area contributed by atoms with Crippen LogP contribution in [0.5, 0.6) is 0 Å². The minimum Gasteiger partial charge on any atom is -0.309 e. The summed E-state index contributed by atoms with van der Waals surface area (Å²) in [6, 6.07) is -1.30. The highest BCUT2D eigenvalue weighted by Crippen LogP contribution is 2.31. The van der Waals surface area contributed by atoms with Gasteiger partial charge in [0.15, 0.2) is 0 Å². The van der Waals surface area contributed by atoms with E-state index < -0.39 is 37.0 Å². The second-order valence-electron chi connectivity index (χ2n) is 4.89. The fourth-order valence-electron chi connectivity index (χ4n) is 2.26. The molecule has 0 aromatic carbocycles. The number of piperidine rings is 1. The van der Waals surface area contributed by atoms with Crippen molar-refractivity contribution in [3.63, 3.8) is 0 Å². The van der Waals surface area contributed by atoms with Crippen molar-refractivity contribution in [3.8, 4) is 0 Å². The summed E-state index contributed by atoms with van der Waals surface area (Å²) < 4.78 is 66.1. The second kappa shape index (κ2) is 5.24. The van der Waals surface area contributed by atoms with Crippen molar-refractivity contribution in [1.82, 2.24) is 15.1 Å². The summed E-state index contributed by atoms with van der Waals surface area (Å²) in [4.78, 5) is 11.9. The van der Waals surface area contributed by atoms with E-state index in [4.69, 9.17) is 0 Å². The number of halogens is 5. The van der Waals surface area contributed by atoms with E-state index in [1.165, 1.54) is 17.9 Å². The average Bonchev–Trinajstić information content (AvgIpc) is 2.73. The molecule has 1 unspecified atom stereocenters. The van der Waals surface area contributed by atoms with Crippen LogP contribution in [-0.4, -0.2) is 46.9 Å². The van der Waals surface area contributed by atoms with Gasteiger partial charge < -0.3 is 5.32 Å². The van der Waals surface area contributed by atoms with Gasteiger partial charge in [0.25, 0.3) is 5.92 Å². The van der Waals surface area contributed by atoms with Gasteiger partial charge in [-0.25, -0.2) is 8.78 Å². The van der Waals surface area contributed by atoms with Gasteiger partial charge in [0, 0.05) is 26.2 Å². The number of rotatable bonds is 2. The average molecular weight is 312 g/mol. The van der Waals surface area contributed by atoms with Crippen LogP contribution in [0.3, 0.4) is 0 Å². The number of carbonyl (C=O) groups excluding carboxylic acids is 1. The molecule has 1 atom stereocenters. The van der Waals surface area contributed by atoms with Crippen molar-refractivity contribution in [3.05, 3.63) is 12.4 Å². The highest BCUT2D eigenvalue weighted by Gasteiger charge is 2.48. The number of aromatic nitrogens is 2. The molecular weight excluding hydrogens is 299 g/mol. The van der Waals surface area contributed by atoms with E-state index in [0.29, 0.717) is 4.90 Å². The number of carbonyl (C=O) groups is 1. The maximum Gasteiger partial charge on any atom is 0.471 e. The number of hydrogen-bond acceptors (Lipinski definition) is 3. The zero-order chi connectivity index (χ0) is 15.8. The number of nitrogens with zero attached hydrogens (tertiary/aromatic N) is 3. The third kappa shape index (κ3) is 3.49. The van der Waals surface area contributed by atoms with Crippen molar-refractivity contribution in [2.45, 2.75) is 24.6 Å². The Morgan fingerprint density at radius 1 is 1.52 bits per heavy atom. The molecule has 0 aliphatic carbocycles. The van der Waals surface area contributed by atoms with Gasteiger partial charge >= 0.3 is 12.1 Å². The van der Waals surface area contributed by atoms with E-state index in [1.807, 2.05) is 0 Å². The van der Waals surface area contributed by atoms with E-state index >= 15 is 0 Å². The Labute approximate surface area is 116 Å². The number of hydrogen-bond donors (Lipinski definition) is 1. The van der Waals surface area contributed by atoms with E-state index in [-0.39, 0.29) is 12.2 Å². The van der Waals surface area contributed by atoms with Crippen LogP contribution in [0, 0.1) is 0 Å². The van der Waals surface area contributed by atoms with Crippen molar-refractivity contribution in [2.24, 2.45) is 7.05 Å². The predicted octanol–water partition coefficient (Wildman–Crippen LogP) is 1.31. The van der Waals surface area contributed by atoms with Gasteiger partial charge in [0.2, 0.25) is 0 Å². The minimum atomic E-state index is -5.15. The SMILES string of the molecule is Cn1cc(N(C(=O)C(F)(F)F)C2CNCC(F)(F)C2)cn1. The van der Waals surface area contributed by atoms with Crippen molar-refractivity contribution in [1.29, 1.82) is 0 Å². The van der Waals surface area contributed by atoms with Gasteiger partial charge in [-0.05, 0) is 0 Å². The van der Waals surface area contributed by atoms with Crippen molar-refractivity contribution >= 4 is 11.6 Å². The minimum absolute atomic E-state index is 0.147. The summed E-state index contributed by atoms with van der Waals surface area (Å²) in [5.74, 6) is -5.35. The molecule has 2 rings (SSSR count). The zero-order valence-electron chi connectivity index (χ0n) is 11.0. The molecule has 1 N–H and O–H groups in total. The van der Waals surface area contributed by atoms with Gasteiger partial charge in [-0.2, -0.15) is 18.3 Å². The molecule has 1 amide bonds. The lowest BCUT2D eigenvalue weighted by atomic mass is 10.0. The summed E-state index contributed by atoms with van der Waals surface area (Å²) in [6.07, 6.45) is -3.77. The summed E-state index contributed by atoms with van der Waals surface area (Å²) in [5, 5.41) is 6.03. The maximum atomic E-state index is 13.4. The standard InChI is InChI=1S/C11H13F5N4O/c1-19-5-8(4-18-19)20(9(21)11(14,15)16)7-2-10(12,13)6-17-3-7/h4-5,7,17H,2-3,6H2,1H3. The topological polar surface area (TPSA) is 50.2 Å². The van der Waals surface area contributed by atoms with Crippen molar-refractivity contribution in [2.75, 3.05) is 18.0 Å². The lowest BCUT2D eigenvalue weighted by Crippen LogP contribution is -2.57. The third-order valence-electron chi connectivity index (χ3n) is 3.09. The third-order valence-corrected chi connectivity index (χ3v) is 3.09. The summed E-state index contributed by atoms with van der Waals surface area (Å²) >= 11 is 0. The van der Waals surface area contributed by atoms with Gasteiger partial charge in [-0.3, -0.25) is 14.4 Å². The Kier molecular flexibility index (Phi) is 3.91. The molecule has 1 aromatic rings. The van der Waals surface area contributed by atoms with Gasteiger partial charge in [0.05, 0.1) is 24.5 Å². The van der Waals surface area contributed by atoms with Crippen LogP contribution < -0.4 is 10.2 Å². The second-order valence-corrected chi connectivity index (χ2v) is 4.89. The molecule has 5 nitrogen and oxygen atoms in total. The van der Waals surface area contributed by atoms with Crippen LogP contribution >= 0.6 is 0 Å². The molecule has 1 fully saturated rings. The Hall–Kier alpha value is -1.71. The Bertz CT molecular complexity index is 527. The first-order valence-corrected chi connectivity index (χ1v) is 6.08. The van der Waals surface area contributed by atoms with Crippen LogP contribution in [0.25, 0.3) is 0 Å². The molecule has 0 spiro atoms. The van der Waals surface area contributed by atoms with Crippen LogP contribution in [0.4, 0.5) is 27.6 Å². The monoisotopic (exact) mass is 312 g/mol. The molecule has 118 valence electrons. The molecule has 0 bridgehead atoms. The van der Waals surface area contributed by atoms with E-state index in [2.05, 4.69) is 10.4 Å². The highest BCUT2D eigenvalue weighted by molar-refractivity contribution is 5.97. The molecule has 1 aliphatic rings. The van der Waals surface area contributed by atoms with Crippen LogP contribution in [-0.2, 0) is 11.8 Å². The zero-order valence-corrected chi connectivity index (χ0v) is 11.0. The summed E-state index contributed by atoms with van der Waals surface area (Å²) in [6.45, 7) is -0.767. The number of nitrogens with one attached hydrogen (secondary N) is 1. The first kappa shape index (κ1) is 15.7. The van der Waals surface area contributed by atoms with Gasteiger partial charge in [0.1, 0.15) is 0 Å². The fourth-order valence-corrected chi connectivity index (χ4v) is 2.26. The molecule has 0 radical (unpaired) electrons. The van der Waals surface area contributed by atoms with Gasteiger partial charge in [-0.1, -0.05) is 0 Å². The molecule has 1 aliphatic heterocycles. The Balaban J connectivity index is 2.34. The number of anilines is 1. The summed E-state index contributed by atoms with van der Waals surface area (Å²) in [5.41, 5.74) is -0.163. The summed E-state index contributed by atoms with van der Waals surface area (Å²) in [7, 11) is 1.45.